The van der Waals surface area contributed by atoms with Crippen LogP contribution in [-0.4, -0.2) is 26.9 Å². The Bertz CT molecular complexity index is 743. The zero-order valence-electron chi connectivity index (χ0n) is 17.3. The van der Waals surface area contributed by atoms with Crippen molar-refractivity contribution in [3.05, 3.63) is 28.8 Å². The summed E-state index contributed by atoms with van der Waals surface area (Å²) in [4.78, 5) is 12.7. The number of carbonyl (C=O) groups is 1. The minimum absolute atomic E-state index is 0.0634. The van der Waals surface area contributed by atoms with E-state index in [0.29, 0.717) is 17.4 Å². The van der Waals surface area contributed by atoms with E-state index in [0.717, 1.165) is 48.8 Å². The Morgan fingerprint density at radius 3 is 2.19 bits per heavy atom. The van der Waals surface area contributed by atoms with Crippen LogP contribution in [0.4, 0.5) is 0 Å². The molecule has 2 N–H and O–H groups in total. The Morgan fingerprint density at radius 1 is 1.11 bits per heavy atom. The molecular formula is C21H34N2O3S. The van der Waals surface area contributed by atoms with Gasteiger partial charge in [-0.15, -0.1) is 0 Å². The molecule has 0 spiro atoms. The normalized spacial score (nSPS) is 21.7. The van der Waals surface area contributed by atoms with Crippen LogP contribution in [-0.2, 0) is 14.8 Å². The Kier molecular flexibility index (Phi) is 7.46. The third-order valence-electron chi connectivity index (χ3n) is 5.65. The van der Waals surface area contributed by atoms with Crippen LogP contribution in [0.1, 0.15) is 62.6 Å². The Morgan fingerprint density at radius 2 is 1.67 bits per heavy atom. The number of amides is 1. The molecule has 0 saturated heterocycles. The summed E-state index contributed by atoms with van der Waals surface area (Å²) in [6.07, 6.45) is 4.36. The smallest absolute Gasteiger partial charge is 0.241 e. The van der Waals surface area contributed by atoms with E-state index in [1.807, 2.05) is 39.8 Å². The molecule has 0 heterocycles. The number of aryl methyl sites for hydroxylation is 3. The predicted molar refractivity (Wildman–Crippen MR) is 109 cm³/mol. The third kappa shape index (κ3) is 5.79. The first-order valence-electron chi connectivity index (χ1n) is 10.0. The molecule has 0 aliphatic heterocycles. The van der Waals surface area contributed by atoms with Crippen LogP contribution in [0.5, 0.6) is 0 Å². The molecule has 1 atom stereocenters. The predicted octanol–water partition coefficient (Wildman–Crippen LogP) is 3.61. The molecule has 2 rings (SSSR count). The lowest BCUT2D eigenvalue weighted by molar-refractivity contribution is -0.126. The zero-order chi connectivity index (χ0) is 20.2. The SMILES string of the molecule is CCC(C)NC(=O)C1CCC(CNS(=O)(=O)c2c(C)cc(C)cc2C)CC1. The molecule has 0 bridgehead atoms. The van der Waals surface area contributed by atoms with Gasteiger partial charge >= 0.3 is 0 Å². The van der Waals surface area contributed by atoms with Crippen molar-refractivity contribution in [3.63, 3.8) is 0 Å². The molecule has 27 heavy (non-hydrogen) atoms. The van der Waals surface area contributed by atoms with E-state index in [1.54, 1.807) is 0 Å². The largest absolute Gasteiger partial charge is 0.353 e. The minimum Gasteiger partial charge on any atom is -0.353 e. The van der Waals surface area contributed by atoms with Gasteiger partial charge in [0.2, 0.25) is 15.9 Å². The number of hydrogen-bond acceptors (Lipinski definition) is 3. The van der Waals surface area contributed by atoms with Gasteiger partial charge in [-0.2, -0.15) is 0 Å². The fourth-order valence-electron chi connectivity index (χ4n) is 3.98. The van der Waals surface area contributed by atoms with Gasteiger partial charge in [-0.1, -0.05) is 24.6 Å². The molecule has 152 valence electrons. The van der Waals surface area contributed by atoms with Crippen LogP contribution in [0.25, 0.3) is 0 Å². The van der Waals surface area contributed by atoms with Crippen molar-refractivity contribution in [3.8, 4) is 0 Å². The van der Waals surface area contributed by atoms with Gasteiger partial charge in [0, 0.05) is 18.5 Å². The highest BCUT2D eigenvalue weighted by Gasteiger charge is 2.28. The van der Waals surface area contributed by atoms with Gasteiger partial charge in [-0.25, -0.2) is 13.1 Å². The maximum Gasteiger partial charge on any atom is 0.241 e. The average Bonchev–Trinajstić information content (AvgIpc) is 2.59. The Labute approximate surface area is 164 Å². The van der Waals surface area contributed by atoms with Crippen molar-refractivity contribution < 1.29 is 13.2 Å². The van der Waals surface area contributed by atoms with Gasteiger partial charge in [-0.05, 0) is 76.8 Å². The van der Waals surface area contributed by atoms with Gasteiger partial charge in [0.25, 0.3) is 0 Å². The second-order valence-corrected chi connectivity index (χ2v) is 9.82. The van der Waals surface area contributed by atoms with E-state index in [1.165, 1.54) is 0 Å². The third-order valence-corrected chi connectivity index (χ3v) is 7.38. The molecule has 6 heteroatoms. The minimum atomic E-state index is -3.52. The van der Waals surface area contributed by atoms with Crippen LogP contribution in [0, 0.1) is 32.6 Å². The van der Waals surface area contributed by atoms with E-state index in [2.05, 4.69) is 17.0 Å². The van der Waals surface area contributed by atoms with Crippen LogP contribution in [0.15, 0.2) is 17.0 Å². The molecule has 1 amide bonds. The van der Waals surface area contributed by atoms with Crippen molar-refractivity contribution in [1.82, 2.24) is 10.0 Å². The summed E-state index contributed by atoms with van der Waals surface area (Å²) < 4.78 is 28.4. The van der Waals surface area contributed by atoms with Crippen molar-refractivity contribution in [2.24, 2.45) is 11.8 Å². The van der Waals surface area contributed by atoms with Crippen molar-refractivity contribution >= 4 is 15.9 Å². The van der Waals surface area contributed by atoms with E-state index in [9.17, 15) is 13.2 Å². The lowest BCUT2D eigenvalue weighted by Crippen LogP contribution is -2.39. The summed E-state index contributed by atoms with van der Waals surface area (Å²) in [5.41, 5.74) is 2.63. The van der Waals surface area contributed by atoms with Gasteiger partial charge in [0.15, 0.2) is 0 Å². The number of rotatable bonds is 7. The zero-order valence-corrected chi connectivity index (χ0v) is 18.1. The molecule has 1 fully saturated rings. The monoisotopic (exact) mass is 394 g/mol. The summed E-state index contributed by atoms with van der Waals surface area (Å²) in [5, 5.41) is 3.06. The highest BCUT2D eigenvalue weighted by molar-refractivity contribution is 7.89. The Balaban J connectivity index is 1.90. The summed E-state index contributed by atoms with van der Waals surface area (Å²) in [5.74, 6) is 0.501. The Hall–Kier alpha value is -1.40. The summed E-state index contributed by atoms with van der Waals surface area (Å²) in [6, 6.07) is 4.02. The lowest BCUT2D eigenvalue weighted by Gasteiger charge is -2.28. The fraction of sp³-hybridized carbons (Fsp3) is 0.667. The number of hydrogen-bond donors (Lipinski definition) is 2. The van der Waals surface area contributed by atoms with Crippen LogP contribution >= 0.6 is 0 Å². The summed E-state index contributed by atoms with van der Waals surface area (Å²) >= 11 is 0. The fourth-order valence-corrected chi connectivity index (χ4v) is 5.55. The lowest BCUT2D eigenvalue weighted by atomic mass is 9.81. The summed E-state index contributed by atoms with van der Waals surface area (Å²) in [6.45, 7) is 10.2. The van der Waals surface area contributed by atoms with E-state index >= 15 is 0 Å². The van der Waals surface area contributed by atoms with Crippen LogP contribution in [0.3, 0.4) is 0 Å². The van der Waals surface area contributed by atoms with Crippen LogP contribution < -0.4 is 10.0 Å². The number of benzene rings is 1. The highest BCUT2D eigenvalue weighted by atomic mass is 32.2. The molecular weight excluding hydrogens is 360 g/mol. The molecule has 0 aromatic heterocycles. The first kappa shape index (κ1) is 21.9. The molecule has 0 radical (unpaired) electrons. The maximum absolute atomic E-state index is 12.8. The van der Waals surface area contributed by atoms with Gasteiger partial charge in [-0.3, -0.25) is 4.79 Å². The van der Waals surface area contributed by atoms with Gasteiger partial charge in [0.05, 0.1) is 4.90 Å². The number of carbonyl (C=O) groups excluding carboxylic acids is 1. The van der Waals surface area contributed by atoms with E-state index in [-0.39, 0.29) is 17.9 Å². The summed E-state index contributed by atoms with van der Waals surface area (Å²) in [7, 11) is -3.52. The molecule has 1 aromatic carbocycles. The molecule has 1 aliphatic rings. The molecule has 1 unspecified atom stereocenters. The second kappa shape index (κ2) is 9.20. The molecule has 1 aliphatic carbocycles. The van der Waals surface area contributed by atoms with Crippen LogP contribution in [0.2, 0.25) is 0 Å². The average molecular weight is 395 g/mol. The number of nitrogens with one attached hydrogen (secondary N) is 2. The number of sulfonamides is 1. The first-order valence-corrected chi connectivity index (χ1v) is 11.5. The first-order chi connectivity index (χ1) is 12.6. The van der Waals surface area contributed by atoms with E-state index in [4.69, 9.17) is 0 Å². The van der Waals surface area contributed by atoms with Crippen molar-refractivity contribution in [2.45, 2.75) is 77.7 Å². The highest BCUT2D eigenvalue weighted by Crippen LogP contribution is 2.29. The van der Waals surface area contributed by atoms with Gasteiger partial charge in [0.1, 0.15) is 0 Å². The second-order valence-electron chi connectivity index (χ2n) is 8.12. The maximum atomic E-state index is 12.8. The standard InChI is InChI=1S/C21H34N2O3S/c1-6-17(5)23-21(24)19-9-7-18(8-10-19)13-22-27(25,26)20-15(3)11-14(2)12-16(20)4/h11-12,17-19,22H,6-10,13H2,1-5H3,(H,23,24). The van der Waals surface area contributed by atoms with Crippen molar-refractivity contribution in [2.75, 3.05) is 6.54 Å². The molecule has 5 nitrogen and oxygen atoms in total. The van der Waals surface area contributed by atoms with Crippen molar-refractivity contribution in [1.29, 1.82) is 0 Å². The molecule has 1 aromatic rings. The van der Waals surface area contributed by atoms with E-state index < -0.39 is 10.0 Å². The topological polar surface area (TPSA) is 75.3 Å². The molecule has 1 saturated carbocycles. The van der Waals surface area contributed by atoms with Gasteiger partial charge < -0.3 is 5.32 Å². The quantitative estimate of drug-likeness (QED) is 0.742.